The molecule has 18 heavy (non-hydrogen) atoms. The van der Waals surface area contributed by atoms with Crippen LogP contribution in [0.1, 0.15) is 77.6 Å². The Labute approximate surface area is 123 Å². The highest BCUT2D eigenvalue weighted by Crippen LogP contribution is 2.22. The molecular formula is C16H32BrN. The van der Waals surface area contributed by atoms with E-state index in [4.69, 9.17) is 0 Å². The minimum absolute atomic E-state index is 0.905. The number of halogens is 1. The van der Waals surface area contributed by atoms with Crippen LogP contribution in [0.25, 0.3) is 0 Å². The van der Waals surface area contributed by atoms with E-state index in [2.05, 4.69) is 27.8 Å². The van der Waals surface area contributed by atoms with Gasteiger partial charge in [-0.3, -0.25) is 0 Å². The van der Waals surface area contributed by atoms with Crippen LogP contribution < -0.4 is 0 Å². The first kappa shape index (κ1) is 16.5. The van der Waals surface area contributed by atoms with Gasteiger partial charge in [-0.05, 0) is 45.2 Å². The highest BCUT2D eigenvalue weighted by molar-refractivity contribution is 9.09. The Balaban J connectivity index is 1.97. The van der Waals surface area contributed by atoms with Gasteiger partial charge in [0.15, 0.2) is 0 Å². The summed E-state index contributed by atoms with van der Waals surface area (Å²) >= 11 is 3.55. The third-order valence-electron chi connectivity index (χ3n) is 4.22. The van der Waals surface area contributed by atoms with Gasteiger partial charge in [0, 0.05) is 11.4 Å². The summed E-state index contributed by atoms with van der Waals surface area (Å²) in [4.78, 5) is 2.76. The number of likely N-dealkylation sites (tertiary alicyclic amines) is 1. The Morgan fingerprint density at radius 1 is 1.00 bits per heavy atom. The van der Waals surface area contributed by atoms with E-state index in [0.717, 1.165) is 6.04 Å². The SMILES string of the molecule is CCCCCCCCCN1CCCC1CCCBr. The fourth-order valence-corrected chi connectivity index (χ4v) is 3.42. The predicted molar refractivity (Wildman–Crippen MR) is 85.6 cm³/mol. The van der Waals surface area contributed by atoms with E-state index < -0.39 is 0 Å². The standard InChI is InChI=1S/C16H32BrN/c1-2-3-4-5-6-7-8-14-18-15-10-12-16(18)11-9-13-17/h16H,2-15H2,1H3. The molecule has 1 atom stereocenters. The molecule has 0 aliphatic carbocycles. The van der Waals surface area contributed by atoms with Gasteiger partial charge < -0.3 is 4.90 Å². The molecule has 1 heterocycles. The highest BCUT2D eigenvalue weighted by atomic mass is 79.9. The summed E-state index contributed by atoms with van der Waals surface area (Å²) in [5.41, 5.74) is 0. The van der Waals surface area contributed by atoms with Gasteiger partial charge >= 0.3 is 0 Å². The molecule has 0 radical (unpaired) electrons. The maximum absolute atomic E-state index is 3.55. The van der Waals surface area contributed by atoms with Crippen molar-refractivity contribution in [1.29, 1.82) is 0 Å². The van der Waals surface area contributed by atoms with Crippen molar-refractivity contribution in [3.63, 3.8) is 0 Å². The van der Waals surface area contributed by atoms with E-state index in [1.807, 2.05) is 0 Å². The van der Waals surface area contributed by atoms with Gasteiger partial charge in [-0.2, -0.15) is 0 Å². The van der Waals surface area contributed by atoms with Crippen LogP contribution in [-0.2, 0) is 0 Å². The van der Waals surface area contributed by atoms with Gasteiger partial charge in [-0.15, -0.1) is 0 Å². The number of alkyl halides is 1. The van der Waals surface area contributed by atoms with Crippen LogP contribution >= 0.6 is 15.9 Å². The summed E-state index contributed by atoms with van der Waals surface area (Å²) < 4.78 is 0. The Hall–Kier alpha value is 0.440. The molecule has 0 aromatic heterocycles. The lowest BCUT2D eigenvalue weighted by Crippen LogP contribution is -2.30. The maximum atomic E-state index is 3.55. The summed E-state index contributed by atoms with van der Waals surface area (Å²) in [6, 6.07) is 0.905. The van der Waals surface area contributed by atoms with Crippen LogP contribution in [0, 0.1) is 0 Å². The van der Waals surface area contributed by atoms with Crippen LogP contribution in [0.2, 0.25) is 0 Å². The average Bonchev–Trinajstić information content (AvgIpc) is 2.83. The van der Waals surface area contributed by atoms with Crippen LogP contribution in [0.15, 0.2) is 0 Å². The Morgan fingerprint density at radius 3 is 2.44 bits per heavy atom. The molecule has 0 amide bonds. The van der Waals surface area contributed by atoms with E-state index >= 15 is 0 Å². The highest BCUT2D eigenvalue weighted by Gasteiger charge is 2.22. The van der Waals surface area contributed by atoms with Crippen LogP contribution in [0.3, 0.4) is 0 Å². The normalized spacial score (nSPS) is 20.7. The second-order valence-electron chi connectivity index (χ2n) is 5.78. The molecule has 1 fully saturated rings. The molecule has 108 valence electrons. The van der Waals surface area contributed by atoms with Crippen molar-refractivity contribution in [2.24, 2.45) is 0 Å². The van der Waals surface area contributed by atoms with Gasteiger partial charge in [0.25, 0.3) is 0 Å². The summed E-state index contributed by atoms with van der Waals surface area (Å²) in [7, 11) is 0. The van der Waals surface area contributed by atoms with Crippen LogP contribution in [-0.4, -0.2) is 29.4 Å². The molecule has 0 saturated carbocycles. The molecule has 0 aromatic rings. The number of rotatable bonds is 11. The molecule has 2 heteroatoms. The van der Waals surface area contributed by atoms with E-state index in [1.165, 1.54) is 89.0 Å². The summed E-state index contributed by atoms with van der Waals surface area (Å²) in [5.74, 6) is 0. The molecular weight excluding hydrogens is 286 g/mol. The lowest BCUT2D eigenvalue weighted by Gasteiger charge is -2.24. The molecule has 1 saturated heterocycles. The second-order valence-corrected chi connectivity index (χ2v) is 6.58. The number of nitrogens with zero attached hydrogens (tertiary/aromatic N) is 1. The Bertz CT molecular complexity index is 184. The van der Waals surface area contributed by atoms with Crippen molar-refractivity contribution >= 4 is 15.9 Å². The summed E-state index contributed by atoms with van der Waals surface area (Å²) in [6.45, 7) is 5.02. The molecule has 0 spiro atoms. The monoisotopic (exact) mass is 317 g/mol. The third kappa shape index (κ3) is 7.13. The number of unbranched alkanes of at least 4 members (excludes halogenated alkanes) is 6. The van der Waals surface area contributed by atoms with Crippen molar-refractivity contribution in [3.8, 4) is 0 Å². The zero-order chi connectivity index (χ0) is 13.1. The fraction of sp³-hybridized carbons (Fsp3) is 1.00. The van der Waals surface area contributed by atoms with Gasteiger partial charge in [-0.1, -0.05) is 61.4 Å². The van der Waals surface area contributed by atoms with Gasteiger partial charge in [-0.25, -0.2) is 0 Å². The van der Waals surface area contributed by atoms with Crippen LogP contribution in [0.4, 0.5) is 0 Å². The van der Waals surface area contributed by atoms with E-state index in [0.29, 0.717) is 0 Å². The molecule has 1 aliphatic rings. The summed E-state index contributed by atoms with van der Waals surface area (Å²) in [6.07, 6.45) is 15.7. The molecule has 0 N–H and O–H groups in total. The average molecular weight is 318 g/mol. The van der Waals surface area contributed by atoms with Crippen molar-refractivity contribution in [3.05, 3.63) is 0 Å². The quantitative estimate of drug-likeness (QED) is 0.365. The van der Waals surface area contributed by atoms with Crippen molar-refractivity contribution in [2.45, 2.75) is 83.6 Å². The number of hydrogen-bond donors (Lipinski definition) is 0. The molecule has 0 bridgehead atoms. The van der Waals surface area contributed by atoms with Gasteiger partial charge in [0.1, 0.15) is 0 Å². The second kappa shape index (κ2) is 11.3. The number of hydrogen-bond acceptors (Lipinski definition) is 1. The Morgan fingerprint density at radius 2 is 1.72 bits per heavy atom. The summed E-state index contributed by atoms with van der Waals surface area (Å²) in [5, 5.41) is 1.18. The molecule has 0 aromatic carbocycles. The minimum atomic E-state index is 0.905. The van der Waals surface area contributed by atoms with Crippen LogP contribution in [0.5, 0.6) is 0 Å². The van der Waals surface area contributed by atoms with E-state index in [9.17, 15) is 0 Å². The van der Waals surface area contributed by atoms with E-state index in [-0.39, 0.29) is 0 Å². The third-order valence-corrected chi connectivity index (χ3v) is 4.78. The van der Waals surface area contributed by atoms with Crippen molar-refractivity contribution in [1.82, 2.24) is 4.90 Å². The first-order valence-corrected chi connectivity index (χ1v) is 9.30. The fourth-order valence-electron chi connectivity index (χ4n) is 3.10. The zero-order valence-electron chi connectivity index (χ0n) is 12.3. The largest absolute Gasteiger partial charge is 0.300 e. The topological polar surface area (TPSA) is 3.24 Å². The Kier molecular flexibility index (Phi) is 10.3. The lowest BCUT2D eigenvalue weighted by atomic mass is 10.1. The smallest absolute Gasteiger partial charge is 0.00960 e. The lowest BCUT2D eigenvalue weighted by molar-refractivity contribution is 0.236. The predicted octanol–water partition coefficient (Wildman–Crippen LogP) is 5.38. The van der Waals surface area contributed by atoms with E-state index in [1.54, 1.807) is 0 Å². The first-order chi connectivity index (χ1) is 8.88. The first-order valence-electron chi connectivity index (χ1n) is 8.18. The van der Waals surface area contributed by atoms with Crippen molar-refractivity contribution < 1.29 is 0 Å². The molecule has 1 nitrogen and oxygen atoms in total. The molecule has 1 aliphatic heterocycles. The van der Waals surface area contributed by atoms with Gasteiger partial charge in [0.05, 0.1) is 0 Å². The minimum Gasteiger partial charge on any atom is -0.300 e. The van der Waals surface area contributed by atoms with Gasteiger partial charge in [0.2, 0.25) is 0 Å². The van der Waals surface area contributed by atoms with Crippen molar-refractivity contribution in [2.75, 3.05) is 18.4 Å². The molecule has 1 unspecified atom stereocenters. The maximum Gasteiger partial charge on any atom is 0.00960 e. The molecule has 1 rings (SSSR count). The zero-order valence-corrected chi connectivity index (χ0v) is 13.9.